The lowest BCUT2D eigenvalue weighted by Gasteiger charge is -2.33. The van der Waals surface area contributed by atoms with Crippen LogP contribution in [0.4, 0.5) is 0 Å². The number of phenolic OH excluding ortho intramolecular Hbond substituents is 1. The van der Waals surface area contributed by atoms with Gasteiger partial charge >= 0.3 is 0 Å². The van der Waals surface area contributed by atoms with E-state index in [1.165, 1.54) is 0 Å². The van der Waals surface area contributed by atoms with Crippen LogP contribution in [0.5, 0.6) is 5.75 Å². The summed E-state index contributed by atoms with van der Waals surface area (Å²) in [5.41, 5.74) is 0.0588. The van der Waals surface area contributed by atoms with E-state index in [9.17, 15) is 14.7 Å². The summed E-state index contributed by atoms with van der Waals surface area (Å²) >= 11 is 0. The van der Waals surface area contributed by atoms with Gasteiger partial charge in [-0.05, 0) is 30.5 Å². The summed E-state index contributed by atoms with van der Waals surface area (Å²) in [6, 6.07) is 6.87. The minimum Gasteiger partial charge on any atom is -0.508 e. The molecule has 2 N–H and O–H groups in total. The predicted molar refractivity (Wildman–Crippen MR) is 79.6 cm³/mol. The molecule has 114 valence electrons. The van der Waals surface area contributed by atoms with Crippen molar-refractivity contribution in [3.8, 4) is 5.75 Å². The molecule has 0 aliphatic carbocycles. The number of hydrogen-bond acceptors (Lipinski definition) is 3. The molecular formula is C16H22N2O3. The highest BCUT2D eigenvalue weighted by Gasteiger charge is 2.41. The van der Waals surface area contributed by atoms with E-state index in [-0.39, 0.29) is 17.6 Å². The maximum absolute atomic E-state index is 12.8. The second kappa shape index (κ2) is 6.16. The number of hydrogen-bond donors (Lipinski definition) is 2. The topological polar surface area (TPSA) is 69.6 Å². The minimum atomic E-state index is -0.801. The van der Waals surface area contributed by atoms with Crippen LogP contribution in [0, 0.1) is 0 Å². The summed E-state index contributed by atoms with van der Waals surface area (Å²) in [6.07, 6.45) is 1.46. The Balaban J connectivity index is 2.25. The van der Waals surface area contributed by atoms with Crippen molar-refractivity contribution in [1.29, 1.82) is 0 Å². The lowest BCUT2D eigenvalue weighted by molar-refractivity contribution is -0.139. The normalized spacial score (nSPS) is 18.3. The fraction of sp³-hybridized carbons (Fsp3) is 0.500. The standard InChI is InChI=1S/C16H22N2O3/c1-3-16(4-2)15(21)18(9-8-14(20)17-16)11-12-6-5-7-13(19)10-12/h5-7,10,19H,3-4,8-9,11H2,1-2H3,(H,17,20). The Morgan fingerprint density at radius 2 is 2.00 bits per heavy atom. The lowest BCUT2D eigenvalue weighted by atomic mass is 9.91. The van der Waals surface area contributed by atoms with E-state index in [0.717, 1.165) is 5.56 Å². The summed E-state index contributed by atoms with van der Waals surface area (Å²) in [6.45, 7) is 4.64. The fourth-order valence-electron chi connectivity index (χ4n) is 2.78. The van der Waals surface area contributed by atoms with Crippen LogP contribution in [-0.2, 0) is 16.1 Å². The first-order chi connectivity index (χ1) is 10.0. The van der Waals surface area contributed by atoms with Gasteiger partial charge in [0, 0.05) is 19.5 Å². The number of phenols is 1. The zero-order valence-electron chi connectivity index (χ0n) is 12.6. The van der Waals surface area contributed by atoms with Gasteiger partial charge in [0.2, 0.25) is 11.8 Å². The second-order valence-electron chi connectivity index (χ2n) is 5.48. The van der Waals surface area contributed by atoms with Crippen molar-refractivity contribution < 1.29 is 14.7 Å². The average molecular weight is 290 g/mol. The summed E-state index contributed by atoms with van der Waals surface area (Å²) in [7, 11) is 0. The molecule has 0 radical (unpaired) electrons. The van der Waals surface area contributed by atoms with Crippen LogP contribution in [0.3, 0.4) is 0 Å². The number of carbonyl (C=O) groups excluding carboxylic acids is 2. The average Bonchev–Trinajstić information content (AvgIpc) is 2.59. The fourth-order valence-corrected chi connectivity index (χ4v) is 2.78. The van der Waals surface area contributed by atoms with E-state index in [1.807, 2.05) is 19.9 Å². The molecule has 5 nitrogen and oxygen atoms in total. The molecule has 1 heterocycles. The molecule has 0 aromatic heterocycles. The molecule has 0 spiro atoms. The van der Waals surface area contributed by atoms with Crippen LogP contribution >= 0.6 is 0 Å². The van der Waals surface area contributed by atoms with E-state index < -0.39 is 5.54 Å². The third kappa shape index (κ3) is 3.17. The first-order valence-corrected chi connectivity index (χ1v) is 7.39. The monoisotopic (exact) mass is 290 g/mol. The Morgan fingerprint density at radius 3 is 2.62 bits per heavy atom. The van der Waals surface area contributed by atoms with Crippen molar-refractivity contribution >= 4 is 11.8 Å². The van der Waals surface area contributed by atoms with Gasteiger partial charge in [-0.25, -0.2) is 0 Å². The highest BCUT2D eigenvalue weighted by molar-refractivity contribution is 5.93. The van der Waals surface area contributed by atoms with Crippen molar-refractivity contribution in [2.75, 3.05) is 6.54 Å². The summed E-state index contributed by atoms with van der Waals surface area (Å²) in [5, 5.41) is 12.4. The molecule has 2 rings (SSSR count). The first kappa shape index (κ1) is 15.4. The number of carbonyl (C=O) groups is 2. The SMILES string of the molecule is CCC1(CC)NC(=O)CCN(Cc2cccc(O)c2)C1=O. The maximum Gasteiger partial charge on any atom is 0.248 e. The predicted octanol–water partition coefficient (Wildman–Crippen LogP) is 1.80. The van der Waals surface area contributed by atoms with Crippen molar-refractivity contribution in [2.45, 2.75) is 45.2 Å². The molecule has 5 heteroatoms. The molecule has 0 atom stereocenters. The van der Waals surface area contributed by atoms with E-state index in [0.29, 0.717) is 32.4 Å². The van der Waals surface area contributed by atoms with Gasteiger partial charge in [0.25, 0.3) is 0 Å². The van der Waals surface area contributed by atoms with Crippen molar-refractivity contribution in [3.05, 3.63) is 29.8 Å². The zero-order chi connectivity index (χ0) is 15.5. The third-order valence-corrected chi connectivity index (χ3v) is 4.18. The van der Waals surface area contributed by atoms with Crippen LogP contribution in [0.2, 0.25) is 0 Å². The van der Waals surface area contributed by atoms with Gasteiger partial charge in [0.05, 0.1) is 0 Å². The van der Waals surface area contributed by atoms with Crippen LogP contribution in [0.1, 0.15) is 38.7 Å². The quantitative estimate of drug-likeness (QED) is 0.888. The molecule has 1 saturated heterocycles. The molecule has 1 aromatic rings. The summed E-state index contributed by atoms with van der Waals surface area (Å²) < 4.78 is 0. The Bertz CT molecular complexity index is 538. The molecule has 1 aliphatic heterocycles. The van der Waals surface area contributed by atoms with Gasteiger partial charge < -0.3 is 15.3 Å². The Kier molecular flexibility index (Phi) is 4.50. The molecule has 2 amide bonds. The van der Waals surface area contributed by atoms with Crippen LogP contribution in [0.25, 0.3) is 0 Å². The van der Waals surface area contributed by atoms with Crippen molar-refractivity contribution in [3.63, 3.8) is 0 Å². The highest BCUT2D eigenvalue weighted by Crippen LogP contribution is 2.23. The van der Waals surface area contributed by atoms with Crippen molar-refractivity contribution in [1.82, 2.24) is 10.2 Å². The van der Waals surface area contributed by atoms with Gasteiger partial charge in [0.1, 0.15) is 11.3 Å². The van der Waals surface area contributed by atoms with Gasteiger partial charge in [-0.1, -0.05) is 26.0 Å². The molecule has 0 saturated carbocycles. The molecule has 0 bridgehead atoms. The zero-order valence-corrected chi connectivity index (χ0v) is 12.6. The van der Waals surface area contributed by atoms with E-state index in [2.05, 4.69) is 5.32 Å². The molecule has 0 unspecified atom stereocenters. The number of nitrogens with one attached hydrogen (secondary N) is 1. The van der Waals surface area contributed by atoms with E-state index in [1.54, 1.807) is 23.1 Å². The van der Waals surface area contributed by atoms with E-state index >= 15 is 0 Å². The Morgan fingerprint density at radius 1 is 1.29 bits per heavy atom. The third-order valence-electron chi connectivity index (χ3n) is 4.18. The molecule has 1 aliphatic rings. The van der Waals surface area contributed by atoms with Crippen LogP contribution < -0.4 is 5.32 Å². The number of rotatable bonds is 4. The number of aromatic hydroxyl groups is 1. The largest absolute Gasteiger partial charge is 0.508 e. The number of nitrogens with zero attached hydrogens (tertiary/aromatic N) is 1. The molecule has 1 aromatic carbocycles. The molecular weight excluding hydrogens is 268 g/mol. The molecule has 1 fully saturated rings. The van der Waals surface area contributed by atoms with Crippen LogP contribution in [-0.4, -0.2) is 33.9 Å². The minimum absolute atomic E-state index is 0.0401. The Hall–Kier alpha value is -2.04. The smallest absolute Gasteiger partial charge is 0.248 e. The highest BCUT2D eigenvalue weighted by atomic mass is 16.3. The van der Waals surface area contributed by atoms with Crippen LogP contribution in [0.15, 0.2) is 24.3 Å². The first-order valence-electron chi connectivity index (χ1n) is 7.39. The van der Waals surface area contributed by atoms with Gasteiger partial charge in [-0.2, -0.15) is 0 Å². The van der Waals surface area contributed by atoms with Crippen molar-refractivity contribution in [2.24, 2.45) is 0 Å². The summed E-state index contributed by atoms with van der Waals surface area (Å²) in [5.74, 6) is 0.0633. The Labute approximate surface area is 125 Å². The van der Waals surface area contributed by atoms with Gasteiger partial charge in [-0.15, -0.1) is 0 Å². The summed E-state index contributed by atoms with van der Waals surface area (Å²) in [4.78, 5) is 26.4. The lowest BCUT2D eigenvalue weighted by Crippen LogP contribution is -2.56. The second-order valence-corrected chi connectivity index (χ2v) is 5.48. The van der Waals surface area contributed by atoms with Gasteiger partial charge in [-0.3, -0.25) is 9.59 Å². The number of benzene rings is 1. The molecule has 21 heavy (non-hydrogen) atoms. The number of amides is 2. The van der Waals surface area contributed by atoms with Gasteiger partial charge in [0.15, 0.2) is 0 Å². The maximum atomic E-state index is 12.8. The van der Waals surface area contributed by atoms with E-state index in [4.69, 9.17) is 0 Å².